The first-order chi connectivity index (χ1) is 13.0. The number of hydrogen-bond acceptors (Lipinski definition) is 6. The van der Waals surface area contributed by atoms with E-state index in [0.29, 0.717) is 32.2 Å². The normalized spacial score (nSPS) is 11.9. The highest BCUT2D eigenvalue weighted by atomic mass is 32.1. The summed E-state index contributed by atoms with van der Waals surface area (Å²) in [4.78, 5) is 28.7. The average molecular weight is 381 g/mol. The van der Waals surface area contributed by atoms with E-state index >= 15 is 0 Å². The van der Waals surface area contributed by atoms with Gasteiger partial charge in [0.25, 0.3) is 5.56 Å². The highest BCUT2D eigenvalue weighted by Crippen LogP contribution is 2.27. The van der Waals surface area contributed by atoms with Gasteiger partial charge in [-0.1, -0.05) is 35.6 Å². The van der Waals surface area contributed by atoms with Crippen LogP contribution < -0.4 is 14.8 Å². The van der Waals surface area contributed by atoms with Crippen molar-refractivity contribution in [3.8, 4) is 17.1 Å². The largest absolute Gasteiger partial charge is 0.426 e. The monoisotopic (exact) mass is 381 g/mol. The Balaban J connectivity index is 1.79. The van der Waals surface area contributed by atoms with Crippen molar-refractivity contribution in [2.75, 3.05) is 0 Å². The number of nitrogens with zero attached hydrogens (tertiary/aromatic N) is 3. The molecule has 27 heavy (non-hydrogen) atoms. The highest BCUT2D eigenvalue weighted by molar-refractivity contribution is 7.15. The first-order valence-corrected chi connectivity index (χ1v) is 8.77. The van der Waals surface area contributed by atoms with E-state index in [9.17, 15) is 14.0 Å². The Labute approximate surface area is 156 Å². The fraction of sp³-hybridized carbons (Fsp3) is 0.0526. The molecule has 0 saturated carbocycles. The summed E-state index contributed by atoms with van der Waals surface area (Å²) >= 11 is 1.18. The average Bonchev–Trinajstić information content (AvgIpc) is 3.17. The molecule has 0 amide bonds. The third-order valence-electron chi connectivity index (χ3n) is 3.73. The molecule has 0 aliphatic carbocycles. The molecule has 0 radical (unpaired) electrons. The SMILES string of the molecule is CC(=O)Oc1ccccc1-c1nc2s/c(=C\c3ccc(F)cc3)c(=O)n2n1. The predicted octanol–water partition coefficient (Wildman–Crippen LogP) is 2.43. The number of rotatable bonds is 3. The first-order valence-electron chi connectivity index (χ1n) is 7.96. The number of carbonyl (C=O) groups is 1. The van der Waals surface area contributed by atoms with Crippen LogP contribution in [0.2, 0.25) is 0 Å². The number of para-hydroxylation sites is 1. The van der Waals surface area contributed by atoms with Gasteiger partial charge < -0.3 is 4.74 Å². The molecule has 134 valence electrons. The van der Waals surface area contributed by atoms with E-state index in [1.54, 1.807) is 42.5 Å². The van der Waals surface area contributed by atoms with Crippen molar-refractivity contribution in [1.29, 1.82) is 0 Å². The minimum atomic E-state index is -0.454. The van der Waals surface area contributed by atoms with E-state index < -0.39 is 5.97 Å². The van der Waals surface area contributed by atoms with E-state index in [2.05, 4.69) is 10.1 Å². The van der Waals surface area contributed by atoms with Crippen molar-refractivity contribution < 1.29 is 13.9 Å². The van der Waals surface area contributed by atoms with Gasteiger partial charge in [0.15, 0.2) is 5.82 Å². The molecule has 0 N–H and O–H groups in total. The molecule has 0 aliphatic rings. The quantitative estimate of drug-likeness (QED) is 0.403. The lowest BCUT2D eigenvalue weighted by Gasteiger charge is -2.04. The van der Waals surface area contributed by atoms with E-state index in [4.69, 9.17) is 4.74 Å². The van der Waals surface area contributed by atoms with Crippen molar-refractivity contribution in [1.82, 2.24) is 14.6 Å². The van der Waals surface area contributed by atoms with Crippen LogP contribution in [0.3, 0.4) is 0 Å². The Morgan fingerprint density at radius 2 is 1.93 bits per heavy atom. The summed E-state index contributed by atoms with van der Waals surface area (Å²) in [5, 5.41) is 4.26. The number of ether oxygens (including phenoxy) is 1. The van der Waals surface area contributed by atoms with Crippen molar-refractivity contribution in [2.24, 2.45) is 0 Å². The lowest BCUT2D eigenvalue weighted by atomic mass is 10.2. The van der Waals surface area contributed by atoms with Gasteiger partial charge in [0, 0.05) is 6.92 Å². The van der Waals surface area contributed by atoms with E-state index in [0.717, 1.165) is 0 Å². The summed E-state index contributed by atoms with van der Waals surface area (Å²) in [6.45, 7) is 1.31. The topological polar surface area (TPSA) is 73.6 Å². The molecule has 4 aromatic rings. The Hall–Kier alpha value is -3.39. The molecule has 2 heterocycles. The first kappa shape index (κ1) is 17.0. The van der Waals surface area contributed by atoms with Gasteiger partial charge >= 0.3 is 5.97 Å². The van der Waals surface area contributed by atoms with Crippen LogP contribution in [-0.2, 0) is 4.79 Å². The number of esters is 1. The summed E-state index contributed by atoms with van der Waals surface area (Å²) < 4.78 is 19.8. The zero-order chi connectivity index (χ0) is 19.0. The Bertz CT molecular complexity index is 1260. The van der Waals surface area contributed by atoms with Gasteiger partial charge in [-0.3, -0.25) is 9.59 Å². The molecule has 6 nitrogen and oxygen atoms in total. The third-order valence-corrected chi connectivity index (χ3v) is 4.69. The zero-order valence-corrected chi connectivity index (χ0v) is 14.9. The second-order valence-corrected chi connectivity index (χ2v) is 6.70. The number of fused-ring (bicyclic) bond motifs is 1. The van der Waals surface area contributed by atoms with Crippen molar-refractivity contribution >= 4 is 28.3 Å². The number of thiazole rings is 1. The number of halogens is 1. The fourth-order valence-corrected chi connectivity index (χ4v) is 3.46. The lowest BCUT2D eigenvalue weighted by molar-refractivity contribution is -0.131. The molecular weight excluding hydrogens is 369 g/mol. The maximum absolute atomic E-state index is 13.0. The van der Waals surface area contributed by atoms with E-state index in [-0.39, 0.29) is 11.4 Å². The predicted molar refractivity (Wildman–Crippen MR) is 99.1 cm³/mol. The molecule has 0 saturated heterocycles. The van der Waals surface area contributed by atoms with Gasteiger partial charge in [0.1, 0.15) is 11.6 Å². The maximum atomic E-state index is 13.0. The lowest BCUT2D eigenvalue weighted by Crippen LogP contribution is -2.23. The van der Waals surface area contributed by atoms with Gasteiger partial charge in [-0.15, -0.1) is 5.10 Å². The van der Waals surface area contributed by atoms with E-state index in [1.165, 1.54) is 34.9 Å². The number of benzene rings is 2. The maximum Gasteiger partial charge on any atom is 0.308 e. The smallest absolute Gasteiger partial charge is 0.308 e. The van der Waals surface area contributed by atoms with Crippen molar-refractivity contribution in [3.05, 3.63) is 74.8 Å². The van der Waals surface area contributed by atoms with Gasteiger partial charge in [-0.05, 0) is 35.9 Å². The van der Waals surface area contributed by atoms with Crippen LogP contribution in [-0.4, -0.2) is 20.6 Å². The minimum Gasteiger partial charge on any atom is -0.426 e. The Kier molecular flexibility index (Phi) is 4.25. The van der Waals surface area contributed by atoms with Gasteiger partial charge in [0.05, 0.1) is 10.1 Å². The van der Waals surface area contributed by atoms with Crippen LogP contribution in [0, 0.1) is 5.82 Å². The van der Waals surface area contributed by atoms with Gasteiger partial charge in [-0.25, -0.2) is 4.39 Å². The van der Waals surface area contributed by atoms with Crippen LogP contribution in [0.4, 0.5) is 4.39 Å². The molecule has 0 bridgehead atoms. The van der Waals surface area contributed by atoms with Crippen LogP contribution in [0.1, 0.15) is 12.5 Å². The minimum absolute atomic E-state index is 0.295. The Morgan fingerprint density at radius 3 is 2.63 bits per heavy atom. The molecule has 2 aromatic carbocycles. The summed E-state index contributed by atoms with van der Waals surface area (Å²) in [5.41, 5.74) is 0.911. The number of carbonyl (C=O) groups excluding carboxylic acids is 1. The summed E-state index contributed by atoms with van der Waals surface area (Å²) in [7, 11) is 0. The molecule has 8 heteroatoms. The van der Waals surface area contributed by atoms with E-state index in [1.807, 2.05) is 0 Å². The van der Waals surface area contributed by atoms with Crippen molar-refractivity contribution in [3.63, 3.8) is 0 Å². The van der Waals surface area contributed by atoms with Gasteiger partial charge in [0.2, 0.25) is 4.96 Å². The molecule has 0 unspecified atom stereocenters. The molecule has 0 aliphatic heterocycles. The van der Waals surface area contributed by atoms with Crippen LogP contribution >= 0.6 is 11.3 Å². The van der Waals surface area contributed by atoms with Crippen LogP contribution in [0.25, 0.3) is 22.4 Å². The molecule has 0 spiro atoms. The molecule has 0 atom stereocenters. The number of hydrogen-bond donors (Lipinski definition) is 0. The third kappa shape index (κ3) is 3.34. The van der Waals surface area contributed by atoms with Gasteiger partial charge in [-0.2, -0.15) is 9.50 Å². The summed E-state index contributed by atoms with van der Waals surface area (Å²) in [6, 6.07) is 12.7. The van der Waals surface area contributed by atoms with Crippen LogP contribution in [0.15, 0.2) is 53.3 Å². The van der Waals surface area contributed by atoms with Crippen molar-refractivity contribution in [2.45, 2.75) is 6.92 Å². The summed E-state index contributed by atoms with van der Waals surface area (Å²) in [5.74, 6) is -0.172. The fourth-order valence-electron chi connectivity index (χ4n) is 2.55. The molecular formula is C19H12FN3O3S. The molecule has 2 aromatic heterocycles. The second kappa shape index (κ2) is 6.73. The standard InChI is InChI=1S/C19H12FN3O3S/c1-11(24)26-15-5-3-2-4-14(15)17-21-19-23(22-17)18(25)16(27-19)10-12-6-8-13(20)9-7-12/h2-10H,1H3/b16-10-. The molecule has 0 fully saturated rings. The number of aromatic nitrogens is 3. The van der Waals surface area contributed by atoms with Crippen LogP contribution in [0.5, 0.6) is 5.75 Å². The summed E-state index contributed by atoms with van der Waals surface area (Å²) in [6.07, 6.45) is 1.66. The highest BCUT2D eigenvalue weighted by Gasteiger charge is 2.16. The zero-order valence-electron chi connectivity index (χ0n) is 14.0. The second-order valence-electron chi connectivity index (χ2n) is 5.69. The molecule has 4 rings (SSSR count). The Morgan fingerprint density at radius 1 is 1.19 bits per heavy atom.